The van der Waals surface area contributed by atoms with Crippen LogP contribution in [0.4, 0.5) is 0 Å². The van der Waals surface area contributed by atoms with Crippen LogP contribution in [0, 0.1) is 5.92 Å². The zero-order valence-electron chi connectivity index (χ0n) is 16.4. The van der Waals surface area contributed by atoms with Crippen molar-refractivity contribution in [3.8, 4) is 0 Å². The Morgan fingerprint density at radius 1 is 1.24 bits per heavy atom. The number of methoxy groups -OCH3 is 1. The standard InChI is InChI=1S/C18H38N4O3/c1-4-19-18(20-8-5-10-22(2)11-14-23-3)21-9-6-12-24-15-17-7-13-25-16-17/h17H,4-16H2,1-3H3,(H2,19,20,21). The third-order valence-electron chi connectivity index (χ3n) is 4.12. The summed E-state index contributed by atoms with van der Waals surface area (Å²) < 4.78 is 16.1. The summed E-state index contributed by atoms with van der Waals surface area (Å²) in [4.78, 5) is 6.88. The Bertz CT molecular complexity index is 336. The molecule has 1 unspecified atom stereocenters. The van der Waals surface area contributed by atoms with Gasteiger partial charge in [0.05, 0.1) is 19.8 Å². The van der Waals surface area contributed by atoms with E-state index < -0.39 is 0 Å². The van der Waals surface area contributed by atoms with Crippen molar-refractivity contribution in [3.05, 3.63) is 0 Å². The molecule has 1 rings (SSSR count). The minimum absolute atomic E-state index is 0.588. The van der Waals surface area contributed by atoms with Crippen molar-refractivity contribution < 1.29 is 14.2 Å². The van der Waals surface area contributed by atoms with Gasteiger partial charge in [-0.2, -0.15) is 0 Å². The molecule has 2 N–H and O–H groups in total. The normalized spacial score (nSPS) is 18.1. The van der Waals surface area contributed by atoms with Gasteiger partial charge in [0.15, 0.2) is 5.96 Å². The summed E-state index contributed by atoms with van der Waals surface area (Å²) >= 11 is 0. The summed E-state index contributed by atoms with van der Waals surface area (Å²) in [6, 6.07) is 0. The molecule has 0 aromatic carbocycles. The largest absolute Gasteiger partial charge is 0.383 e. The summed E-state index contributed by atoms with van der Waals surface area (Å²) in [7, 11) is 3.86. The molecule has 0 amide bonds. The minimum Gasteiger partial charge on any atom is -0.383 e. The molecule has 7 nitrogen and oxygen atoms in total. The number of hydrogen-bond acceptors (Lipinski definition) is 5. The highest BCUT2D eigenvalue weighted by atomic mass is 16.5. The van der Waals surface area contributed by atoms with Crippen LogP contribution in [0.15, 0.2) is 4.99 Å². The SMILES string of the molecule is CCNC(=NCCCOCC1CCOC1)NCCCN(C)CCOC. The smallest absolute Gasteiger partial charge is 0.191 e. The zero-order valence-corrected chi connectivity index (χ0v) is 16.4. The van der Waals surface area contributed by atoms with Gasteiger partial charge in [-0.3, -0.25) is 4.99 Å². The van der Waals surface area contributed by atoms with Gasteiger partial charge in [0.2, 0.25) is 0 Å². The lowest BCUT2D eigenvalue weighted by molar-refractivity contribution is 0.0893. The number of guanidine groups is 1. The summed E-state index contributed by atoms with van der Waals surface area (Å²) in [5.74, 6) is 1.48. The Balaban J connectivity index is 2.05. The maximum absolute atomic E-state index is 5.71. The molecular formula is C18H38N4O3. The molecule has 1 heterocycles. The molecule has 0 aromatic heterocycles. The maximum Gasteiger partial charge on any atom is 0.191 e. The fourth-order valence-electron chi connectivity index (χ4n) is 2.58. The van der Waals surface area contributed by atoms with E-state index in [0.29, 0.717) is 5.92 Å². The van der Waals surface area contributed by atoms with Crippen LogP contribution in [0.2, 0.25) is 0 Å². The molecule has 0 bridgehead atoms. The third-order valence-corrected chi connectivity index (χ3v) is 4.12. The molecule has 0 aromatic rings. The molecule has 1 saturated heterocycles. The minimum atomic E-state index is 0.588. The van der Waals surface area contributed by atoms with Crippen molar-refractivity contribution in [3.63, 3.8) is 0 Å². The third kappa shape index (κ3) is 12.2. The lowest BCUT2D eigenvalue weighted by Gasteiger charge is -2.17. The summed E-state index contributed by atoms with van der Waals surface area (Å²) in [6.45, 7) is 10.8. The van der Waals surface area contributed by atoms with E-state index in [1.54, 1.807) is 7.11 Å². The van der Waals surface area contributed by atoms with Gasteiger partial charge < -0.3 is 29.7 Å². The number of aliphatic imine (C=N–C) groups is 1. The van der Waals surface area contributed by atoms with E-state index in [9.17, 15) is 0 Å². The topological polar surface area (TPSA) is 67.4 Å². The number of nitrogens with one attached hydrogen (secondary N) is 2. The molecule has 0 radical (unpaired) electrons. The highest BCUT2D eigenvalue weighted by molar-refractivity contribution is 5.79. The second kappa shape index (κ2) is 15.4. The first-order valence-corrected chi connectivity index (χ1v) is 9.61. The zero-order chi connectivity index (χ0) is 18.2. The Morgan fingerprint density at radius 3 is 2.84 bits per heavy atom. The van der Waals surface area contributed by atoms with Gasteiger partial charge in [-0.15, -0.1) is 0 Å². The van der Waals surface area contributed by atoms with Crippen molar-refractivity contribution in [2.75, 3.05) is 79.9 Å². The molecule has 1 atom stereocenters. The molecule has 25 heavy (non-hydrogen) atoms. The van der Waals surface area contributed by atoms with Crippen LogP contribution in [-0.2, 0) is 14.2 Å². The molecule has 0 spiro atoms. The fraction of sp³-hybridized carbons (Fsp3) is 0.944. The lowest BCUT2D eigenvalue weighted by Crippen LogP contribution is -2.38. The second-order valence-corrected chi connectivity index (χ2v) is 6.50. The Kier molecular flexibility index (Phi) is 13.6. The predicted octanol–water partition coefficient (Wildman–Crippen LogP) is 0.953. The van der Waals surface area contributed by atoms with E-state index in [1.807, 2.05) is 0 Å². The summed E-state index contributed by atoms with van der Waals surface area (Å²) in [5, 5.41) is 6.68. The van der Waals surface area contributed by atoms with Crippen LogP contribution < -0.4 is 10.6 Å². The molecular weight excluding hydrogens is 320 g/mol. The van der Waals surface area contributed by atoms with Crippen LogP contribution in [0.25, 0.3) is 0 Å². The van der Waals surface area contributed by atoms with Gasteiger partial charge in [0.1, 0.15) is 0 Å². The molecule has 0 aliphatic carbocycles. The first-order chi connectivity index (χ1) is 12.3. The van der Waals surface area contributed by atoms with E-state index in [0.717, 1.165) is 91.0 Å². The van der Waals surface area contributed by atoms with Crippen molar-refractivity contribution in [2.45, 2.75) is 26.2 Å². The average Bonchev–Trinajstić information content (AvgIpc) is 3.13. The first-order valence-electron chi connectivity index (χ1n) is 9.61. The van der Waals surface area contributed by atoms with E-state index in [1.165, 1.54) is 0 Å². The number of nitrogens with zero attached hydrogens (tertiary/aromatic N) is 2. The van der Waals surface area contributed by atoms with Gasteiger partial charge >= 0.3 is 0 Å². The van der Waals surface area contributed by atoms with Crippen molar-refractivity contribution in [1.29, 1.82) is 0 Å². The average molecular weight is 359 g/mol. The number of rotatable bonds is 14. The Hall–Kier alpha value is -0.890. The maximum atomic E-state index is 5.71. The van der Waals surface area contributed by atoms with Gasteiger partial charge in [0.25, 0.3) is 0 Å². The van der Waals surface area contributed by atoms with Crippen LogP contribution >= 0.6 is 0 Å². The highest BCUT2D eigenvalue weighted by Crippen LogP contribution is 2.12. The van der Waals surface area contributed by atoms with E-state index in [2.05, 4.69) is 34.5 Å². The Morgan fingerprint density at radius 2 is 2.12 bits per heavy atom. The van der Waals surface area contributed by atoms with Crippen LogP contribution in [0.1, 0.15) is 26.2 Å². The van der Waals surface area contributed by atoms with Crippen molar-refractivity contribution in [1.82, 2.24) is 15.5 Å². The highest BCUT2D eigenvalue weighted by Gasteiger charge is 2.15. The van der Waals surface area contributed by atoms with Gasteiger partial charge in [-0.25, -0.2) is 0 Å². The van der Waals surface area contributed by atoms with Crippen LogP contribution in [-0.4, -0.2) is 90.8 Å². The van der Waals surface area contributed by atoms with Gasteiger partial charge in [-0.1, -0.05) is 0 Å². The molecule has 0 saturated carbocycles. The van der Waals surface area contributed by atoms with Crippen molar-refractivity contribution >= 4 is 5.96 Å². The molecule has 1 aliphatic heterocycles. The van der Waals surface area contributed by atoms with Crippen LogP contribution in [0.5, 0.6) is 0 Å². The summed E-state index contributed by atoms with van der Waals surface area (Å²) in [5.41, 5.74) is 0. The molecule has 7 heteroatoms. The van der Waals surface area contributed by atoms with Gasteiger partial charge in [0, 0.05) is 52.4 Å². The lowest BCUT2D eigenvalue weighted by atomic mass is 10.1. The molecule has 148 valence electrons. The summed E-state index contributed by atoms with van der Waals surface area (Å²) in [6.07, 6.45) is 3.16. The predicted molar refractivity (Wildman–Crippen MR) is 102 cm³/mol. The van der Waals surface area contributed by atoms with Gasteiger partial charge in [-0.05, 0) is 39.8 Å². The van der Waals surface area contributed by atoms with E-state index >= 15 is 0 Å². The number of likely N-dealkylation sites (N-methyl/N-ethyl adjacent to an activating group) is 1. The quantitative estimate of drug-likeness (QED) is 0.274. The van der Waals surface area contributed by atoms with E-state index in [4.69, 9.17) is 14.2 Å². The monoisotopic (exact) mass is 358 g/mol. The van der Waals surface area contributed by atoms with Crippen LogP contribution in [0.3, 0.4) is 0 Å². The fourth-order valence-corrected chi connectivity index (χ4v) is 2.58. The molecule has 1 aliphatic rings. The van der Waals surface area contributed by atoms with E-state index in [-0.39, 0.29) is 0 Å². The second-order valence-electron chi connectivity index (χ2n) is 6.50. The molecule has 1 fully saturated rings. The number of ether oxygens (including phenoxy) is 3. The van der Waals surface area contributed by atoms with Crippen molar-refractivity contribution in [2.24, 2.45) is 10.9 Å². The first kappa shape index (κ1) is 22.2. The number of hydrogen-bond donors (Lipinski definition) is 2. The Labute approximate surface area is 153 Å².